The summed E-state index contributed by atoms with van der Waals surface area (Å²) < 4.78 is 6.64. The summed E-state index contributed by atoms with van der Waals surface area (Å²) in [7, 11) is 1.53. The van der Waals surface area contributed by atoms with Crippen LogP contribution in [-0.2, 0) is 6.54 Å². The average molecular weight is 344 g/mol. The van der Waals surface area contributed by atoms with Gasteiger partial charge in [0.05, 0.1) is 31.6 Å². The predicted molar refractivity (Wildman–Crippen MR) is 90.2 cm³/mol. The third kappa shape index (κ3) is 3.61. The van der Waals surface area contributed by atoms with E-state index in [4.69, 9.17) is 4.74 Å². The maximum Gasteiger partial charge on any atom is 0.277 e. The molecule has 0 saturated carbocycles. The summed E-state index contributed by atoms with van der Waals surface area (Å²) in [6.45, 7) is 0.228. The van der Waals surface area contributed by atoms with Crippen molar-refractivity contribution in [3.63, 3.8) is 0 Å². The van der Waals surface area contributed by atoms with Crippen molar-refractivity contribution in [2.24, 2.45) is 0 Å². The zero-order chi connectivity index (χ0) is 16.9. The van der Waals surface area contributed by atoms with E-state index in [0.717, 1.165) is 5.56 Å². The highest BCUT2D eigenvalue weighted by Crippen LogP contribution is 2.23. The van der Waals surface area contributed by atoms with Crippen LogP contribution in [-0.4, -0.2) is 33.1 Å². The second-order valence-electron chi connectivity index (χ2n) is 5.05. The lowest BCUT2D eigenvalue weighted by Crippen LogP contribution is -2.13. The maximum absolute atomic E-state index is 12.3. The van der Waals surface area contributed by atoms with Gasteiger partial charge in [-0.3, -0.25) is 4.79 Å². The number of ether oxygens (including phenoxy) is 1. The number of nitrogens with one attached hydrogen (secondary N) is 1. The van der Waals surface area contributed by atoms with Crippen molar-refractivity contribution in [3.8, 4) is 5.75 Å². The largest absolute Gasteiger partial charge is 0.495 e. The highest BCUT2D eigenvalue weighted by Gasteiger charge is 2.15. The Labute approximate surface area is 142 Å². The number of anilines is 1. The molecular formula is C16H16N4O3S. The van der Waals surface area contributed by atoms with Crippen molar-refractivity contribution in [1.82, 2.24) is 15.0 Å². The number of para-hydroxylation sites is 2. The number of thiophene rings is 1. The first-order valence-electron chi connectivity index (χ1n) is 7.22. The van der Waals surface area contributed by atoms with E-state index in [1.165, 1.54) is 29.3 Å². The number of carbonyl (C=O) groups is 1. The van der Waals surface area contributed by atoms with E-state index in [0.29, 0.717) is 11.4 Å². The number of methoxy groups -OCH3 is 1. The van der Waals surface area contributed by atoms with Gasteiger partial charge in [-0.2, -0.15) is 11.3 Å². The molecule has 3 rings (SSSR count). The van der Waals surface area contributed by atoms with E-state index in [1.807, 2.05) is 22.9 Å². The molecule has 2 heterocycles. The molecule has 0 aliphatic rings. The SMILES string of the molecule is COc1ccccc1NC(=O)c1cn(C[C@H](O)c2ccsc2)nn1. The Morgan fingerprint density at radius 1 is 1.42 bits per heavy atom. The number of hydrogen-bond donors (Lipinski definition) is 2. The number of benzene rings is 1. The van der Waals surface area contributed by atoms with Crippen LogP contribution in [0.15, 0.2) is 47.3 Å². The van der Waals surface area contributed by atoms with Gasteiger partial charge < -0.3 is 15.2 Å². The summed E-state index contributed by atoms with van der Waals surface area (Å²) in [5.74, 6) is 0.168. The summed E-state index contributed by atoms with van der Waals surface area (Å²) in [6.07, 6.45) is 0.809. The molecule has 0 radical (unpaired) electrons. The fourth-order valence-electron chi connectivity index (χ4n) is 2.17. The summed E-state index contributed by atoms with van der Waals surface area (Å²) in [5, 5.41) is 24.4. The molecule has 0 saturated heterocycles. The molecule has 0 bridgehead atoms. The Morgan fingerprint density at radius 3 is 3.00 bits per heavy atom. The van der Waals surface area contributed by atoms with E-state index in [2.05, 4.69) is 15.6 Å². The van der Waals surface area contributed by atoms with Gasteiger partial charge in [0, 0.05) is 0 Å². The highest BCUT2D eigenvalue weighted by atomic mass is 32.1. The van der Waals surface area contributed by atoms with Gasteiger partial charge in [0.25, 0.3) is 5.91 Å². The van der Waals surface area contributed by atoms with Crippen molar-refractivity contribution >= 4 is 22.9 Å². The minimum atomic E-state index is -0.692. The van der Waals surface area contributed by atoms with Crippen LogP contribution in [0.4, 0.5) is 5.69 Å². The number of rotatable bonds is 6. The lowest BCUT2D eigenvalue weighted by molar-refractivity contribution is 0.102. The molecule has 0 spiro atoms. The van der Waals surface area contributed by atoms with Crippen molar-refractivity contribution < 1.29 is 14.6 Å². The fourth-order valence-corrected chi connectivity index (χ4v) is 2.88. The number of amides is 1. The van der Waals surface area contributed by atoms with Crippen LogP contribution in [0.5, 0.6) is 5.75 Å². The zero-order valence-corrected chi connectivity index (χ0v) is 13.7. The van der Waals surface area contributed by atoms with Gasteiger partial charge in [-0.05, 0) is 34.5 Å². The van der Waals surface area contributed by atoms with Gasteiger partial charge in [0.2, 0.25) is 0 Å². The molecule has 7 nitrogen and oxygen atoms in total. The first-order valence-corrected chi connectivity index (χ1v) is 8.16. The molecule has 1 amide bonds. The Bertz CT molecular complexity index is 816. The standard InChI is InChI=1S/C16H16N4O3S/c1-23-15-5-3-2-4-12(15)17-16(22)13-8-20(19-18-13)9-14(21)11-6-7-24-10-11/h2-8,10,14,21H,9H2,1H3,(H,17,22)/t14-/m0/s1. The lowest BCUT2D eigenvalue weighted by Gasteiger charge is -2.08. The second kappa shape index (κ2) is 7.24. The first kappa shape index (κ1) is 16.2. The lowest BCUT2D eigenvalue weighted by atomic mass is 10.2. The second-order valence-corrected chi connectivity index (χ2v) is 5.83. The summed E-state index contributed by atoms with van der Waals surface area (Å²) >= 11 is 1.51. The van der Waals surface area contributed by atoms with Gasteiger partial charge in [-0.25, -0.2) is 4.68 Å². The van der Waals surface area contributed by atoms with E-state index in [1.54, 1.807) is 18.2 Å². The Kier molecular flexibility index (Phi) is 4.88. The number of aliphatic hydroxyl groups is 1. The molecular weight excluding hydrogens is 328 g/mol. The third-order valence-electron chi connectivity index (χ3n) is 3.41. The third-order valence-corrected chi connectivity index (χ3v) is 4.12. The maximum atomic E-state index is 12.3. The smallest absolute Gasteiger partial charge is 0.277 e. The fraction of sp³-hybridized carbons (Fsp3) is 0.188. The van der Waals surface area contributed by atoms with E-state index < -0.39 is 12.0 Å². The summed E-state index contributed by atoms with van der Waals surface area (Å²) in [4.78, 5) is 12.3. The van der Waals surface area contributed by atoms with Crippen LogP contribution < -0.4 is 10.1 Å². The molecule has 3 aromatic rings. The topological polar surface area (TPSA) is 89.3 Å². The quantitative estimate of drug-likeness (QED) is 0.716. The first-order chi connectivity index (χ1) is 11.7. The normalized spacial score (nSPS) is 11.9. The predicted octanol–water partition coefficient (Wildman–Crippen LogP) is 2.33. The minimum Gasteiger partial charge on any atom is -0.495 e. The van der Waals surface area contributed by atoms with Gasteiger partial charge in [-0.15, -0.1) is 5.10 Å². The van der Waals surface area contributed by atoms with Gasteiger partial charge >= 0.3 is 0 Å². The number of hydrogen-bond acceptors (Lipinski definition) is 6. The highest BCUT2D eigenvalue weighted by molar-refractivity contribution is 7.07. The number of carbonyl (C=O) groups excluding carboxylic acids is 1. The van der Waals surface area contributed by atoms with Gasteiger partial charge in [-0.1, -0.05) is 17.3 Å². The molecule has 1 atom stereocenters. The monoisotopic (exact) mass is 344 g/mol. The number of aliphatic hydroxyl groups excluding tert-OH is 1. The Morgan fingerprint density at radius 2 is 2.25 bits per heavy atom. The van der Waals surface area contributed by atoms with E-state index >= 15 is 0 Å². The Balaban J connectivity index is 1.67. The molecule has 0 fully saturated rings. The van der Waals surface area contributed by atoms with Crippen LogP contribution in [0.25, 0.3) is 0 Å². The molecule has 2 N–H and O–H groups in total. The number of aromatic nitrogens is 3. The molecule has 0 unspecified atom stereocenters. The van der Waals surface area contributed by atoms with Crippen molar-refractivity contribution in [2.45, 2.75) is 12.6 Å². The average Bonchev–Trinajstić information content (AvgIpc) is 3.27. The van der Waals surface area contributed by atoms with Crippen LogP contribution in [0.3, 0.4) is 0 Å². The van der Waals surface area contributed by atoms with Gasteiger partial charge in [0.1, 0.15) is 5.75 Å². The Hall–Kier alpha value is -2.71. The van der Waals surface area contributed by atoms with Crippen LogP contribution >= 0.6 is 11.3 Å². The molecule has 0 aliphatic carbocycles. The van der Waals surface area contributed by atoms with Crippen LogP contribution in [0, 0.1) is 0 Å². The molecule has 1 aromatic carbocycles. The minimum absolute atomic E-state index is 0.165. The molecule has 124 valence electrons. The van der Waals surface area contributed by atoms with E-state index in [9.17, 15) is 9.90 Å². The van der Waals surface area contributed by atoms with E-state index in [-0.39, 0.29) is 12.2 Å². The van der Waals surface area contributed by atoms with Crippen molar-refractivity contribution in [2.75, 3.05) is 12.4 Å². The van der Waals surface area contributed by atoms with Gasteiger partial charge in [0.15, 0.2) is 5.69 Å². The molecule has 24 heavy (non-hydrogen) atoms. The van der Waals surface area contributed by atoms with Crippen molar-refractivity contribution in [1.29, 1.82) is 0 Å². The molecule has 0 aliphatic heterocycles. The molecule has 2 aromatic heterocycles. The molecule has 8 heteroatoms. The summed E-state index contributed by atoms with van der Waals surface area (Å²) in [6, 6.07) is 8.95. The van der Waals surface area contributed by atoms with Crippen LogP contribution in [0.1, 0.15) is 22.2 Å². The number of nitrogens with zero attached hydrogens (tertiary/aromatic N) is 3. The van der Waals surface area contributed by atoms with Crippen LogP contribution in [0.2, 0.25) is 0 Å². The van der Waals surface area contributed by atoms with Crippen molar-refractivity contribution in [3.05, 3.63) is 58.5 Å². The summed E-state index contributed by atoms with van der Waals surface area (Å²) in [5.41, 5.74) is 1.53. The zero-order valence-electron chi connectivity index (χ0n) is 12.9.